The molecule has 118 valence electrons. The summed E-state index contributed by atoms with van der Waals surface area (Å²) in [6, 6.07) is 3.76. The molecule has 0 spiro atoms. The van der Waals surface area contributed by atoms with Crippen LogP contribution in [-0.2, 0) is 17.6 Å². The van der Waals surface area contributed by atoms with Gasteiger partial charge in [-0.25, -0.2) is 4.98 Å². The molecule has 0 fully saturated rings. The van der Waals surface area contributed by atoms with Gasteiger partial charge in [0.05, 0.1) is 5.69 Å². The summed E-state index contributed by atoms with van der Waals surface area (Å²) in [5.74, 6) is 1.00. The number of nitrogens with zero attached hydrogens (tertiary/aromatic N) is 2. The molecule has 0 unspecified atom stereocenters. The zero-order valence-electron chi connectivity index (χ0n) is 12.7. The van der Waals surface area contributed by atoms with Crippen LogP contribution in [0.15, 0.2) is 24.5 Å². The van der Waals surface area contributed by atoms with E-state index in [1.807, 2.05) is 29.1 Å². The van der Waals surface area contributed by atoms with Crippen molar-refractivity contribution in [2.45, 2.75) is 38.1 Å². The molecule has 0 saturated heterocycles. The van der Waals surface area contributed by atoms with Gasteiger partial charge in [0.1, 0.15) is 6.04 Å². The monoisotopic (exact) mass is 335 g/mol. The summed E-state index contributed by atoms with van der Waals surface area (Å²) in [4.78, 5) is 18.6. The maximum atomic E-state index is 12.7. The number of thiazole rings is 1. The molecule has 1 amide bonds. The molecule has 0 aromatic carbocycles. The van der Waals surface area contributed by atoms with Gasteiger partial charge in [0.2, 0.25) is 5.91 Å². The number of anilines is 1. The zero-order chi connectivity index (χ0) is 15.4. The average Bonchev–Trinajstić information content (AvgIpc) is 3.16. The van der Waals surface area contributed by atoms with Crippen molar-refractivity contribution in [2.75, 3.05) is 17.3 Å². The van der Waals surface area contributed by atoms with Crippen molar-refractivity contribution in [1.82, 2.24) is 9.55 Å². The van der Waals surface area contributed by atoms with E-state index < -0.39 is 0 Å². The Kier molecular flexibility index (Phi) is 5.20. The molecule has 6 heteroatoms. The Bertz CT molecular complexity index is 598. The second kappa shape index (κ2) is 7.33. The van der Waals surface area contributed by atoms with Crippen molar-refractivity contribution >= 4 is 34.1 Å². The molecule has 1 aliphatic rings. The van der Waals surface area contributed by atoms with Gasteiger partial charge in [-0.15, -0.1) is 11.3 Å². The van der Waals surface area contributed by atoms with Gasteiger partial charge < -0.3 is 9.88 Å². The predicted octanol–water partition coefficient (Wildman–Crippen LogP) is 3.76. The fourth-order valence-electron chi connectivity index (χ4n) is 2.79. The van der Waals surface area contributed by atoms with Gasteiger partial charge >= 0.3 is 0 Å². The van der Waals surface area contributed by atoms with E-state index in [0.717, 1.165) is 30.1 Å². The topological polar surface area (TPSA) is 46.9 Å². The lowest BCUT2D eigenvalue weighted by Crippen LogP contribution is -2.25. The van der Waals surface area contributed by atoms with E-state index in [1.54, 1.807) is 23.1 Å². The Balaban J connectivity index is 1.71. The van der Waals surface area contributed by atoms with Crippen LogP contribution in [-0.4, -0.2) is 27.5 Å². The fourth-order valence-corrected chi connectivity index (χ4v) is 4.31. The largest absolute Gasteiger partial charge is 0.342 e. The van der Waals surface area contributed by atoms with Gasteiger partial charge in [0.15, 0.2) is 5.13 Å². The number of nitrogens with one attached hydrogen (secondary N) is 1. The average molecular weight is 335 g/mol. The highest BCUT2D eigenvalue weighted by Gasteiger charge is 2.22. The van der Waals surface area contributed by atoms with Gasteiger partial charge in [-0.2, -0.15) is 11.8 Å². The third kappa shape index (κ3) is 3.55. The Labute approximate surface area is 139 Å². The Hall–Kier alpha value is -1.27. The Morgan fingerprint density at radius 2 is 2.18 bits per heavy atom. The highest BCUT2D eigenvalue weighted by atomic mass is 32.2. The van der Waals surface area contributed by atoms with E-state index in [1.165, 1.54) is 23.4 Å². The van der Waals surface area contributed by atoms with Crippen LogP contribution in [0.3, 0.4) is 0 Å². The number of hydrogen-bond acceptors (Lipinski definition) is 4. The molecular weight excluding hydrogens is 314 g/mol. The van der Waals surface area contributed by atoms with Crippen LogP contribution in [0.25, 0.3) is 0 Å². The molecule has 2 aromatic rings. The van der Waals surface area contributed by atoms with Crippen LogP contribution in [0.4, 0.5) is 5.13 Å². The summed E-state index contributed by atoms with van der Waals surface area (Å²) < 4.78 is 1.99. The minimum atomic E-state index is -0.164. The molecule has 22 heavy (non-hydrogen) atoms. The van der Waals surface area contributed by atoms with E-state index in [0.29, 0.717) is 0 Å². The molecule has 0 aliphatic heterocycles. The minimum absolute atomic E-state index is 0.0383. The van der Waals surface area contributed by atoms with Gasteiger partial charge in [-0.1, -0.05) is 0 Å². The van der Waals surface area contributed by atoms with E-state index in [4.69, 9.17) is 0 Å². The first kappa shape index (κ1) is 15.6. The van der Waals surface area contributed by atoms with Gasteiger partial charge in [0, 0.05) is 17.3 Å². The number of carbonyl (C=O) groups is 1. The smallest absolute Gasteiger partial charge is 0.249 e. The third-order valence-corrected chi connectivity index (χ3v) is 5.68. The summed E-state index contributed by atoms with van der Waals surface area (Å²) in [7, 11) is 0. The molecule has 2 aromatic heterocycles. The lowest BCUT2D eigenvalue weighted by Gasteiger charge is -2.17. The second-order valence-electron chi connectivity index (χ2n) is 5.51. The van der Waals surface area contributed by atoms with Crippen LogP contribution >= 0.6 is 23.1 Å². The molecule has 1 aliphatic carbocycles. The van der Waals surface area contributed by atoms with Crippen LogP contribution in [0.1, 0.15) is 35.9 Å². The number of fused-ring (bicyclic) bond motifs is 1. The molecule has 2 heterocycles. The summed E-state index contributed by atoms with van der Waals surface area (Å²) >= 11 is 3.41. The number of aromatic nitrogens is 2. The first-order valence-electron chi connectivity index (χ1n) is 7.69. The van der Waals surface area contributed by atoms with E-state index in [-0.39, 0.29) is 11.9 Å². The fraction of sp³-hybridized carbons (Fsp3) is 0.500. The van der Waals surface area contributed by atoms with Crippen molar-refractivity contribution in [3.63, 3.8) is 0 Å². The number of thioether (sulfide) groups is 1. The maximum Gasteiger partial charge on any atom is 0.249 e. The number of carbonyl (C=O) groups excluding carboxylic acids is 1. The third-order valence-electron chi connectivity index (χ3n) is 3.96. The molecule has 0 saturated carbocycles. The number of amides is 1. The lowest BCUT2D eigenvalue weighted by atomic mass is 10.0. The van der Waals surface area contributed by atoms with E-state index in [2.05, 4.69) is 16.6 Å². The van der Waals surface area contributed by atoms with Gasteiger partial charge in [-0.05, 0) is 56.2 Å². The van der Waals surface area contributed by atoms with Crippen molar-refractivity contribution in [1.29, 1.82) is 0 Å². The molecule has 0 radical (unpaired) electrons. The first-order valence-corrected chi connectivity index (χ1v) is 9.90. The van der Waals surface area contributed by atoms with Gasteiger partial charge in [-0.3, -0.25) is 4.79 Å². The van der Waals surface area contributed by atoms with E-state index >= 15 is 0 Å². The quantitative estimate of drug-likeness (QED) is 0.874. The lowest BCUT2D eigenvalue weighted by molar-refractivity contribution is -0.119. The highest BCUT2D eigenvalue weighted by molar-refractivity contribution is 7.98. The van der Waals surface area contributed by atoms with Crippen LogP contribution in [0.2, 0.25) is 0 Å². The van der Waals surface area contributed by atoms with Crippen molar-refractivity contribution < 1.29 is 4.79 Å². The highest BCUT2D eigenvalue weighted by Crippen LogP contribution is 2.30. The van der Waals surface area contributed by atoms with Crippen LogP contribution in [0.5, 0.6) is 0 Å². The zero-order valence-corrected chi connectivity index (χ0v) is 14.4. The molecular formula is C16H21N3OS2. The molecule has 4 nitrogen and oxygen atoms in total. The number of rotatable bonds is 6. The maximum absolute atomic E-state index is 12.7. The van der Waals surface area contributed by atoms with Crippen molar-refractivity contribution in [3.8, 4) is 0 Å². The van der Waals surface area contributed by atoms with Gasteiger partial charge in [0.25, 0.3) is 0 Å². The van der Waals surface area contributed by atoms with Crippen molar-refractivity contribution in [2.24, 2.45) is 0 Å². The summed E-state index contributed by atoms with van der Waals surface area (Å²) in [5.41, 5.74) is 1.19. The number of hydrogen-bond donors (Lipinski definition) is 1. The summed E-state index contributed by atoms with van der Waals surface area (Å²) in [6.45, 7) is 0. The Morgan fingerprint density at radius 3 is 2.91 bits per heavy atom. The molecule has 3 rings (SSSR count). The summed E-state index contributed by atoms with van der Waals surface area (Å²) in [6.07, 6.45) is 11.4. The van der Waals surface area contributed by atoms with Crippen molar-refractivity contribution in [3.05, 3.63) is 35.1 Å². The predicted molar refractivity (Wildman–Crippen MR) is 93.9 cm³/mol. The second-order valence-corrected chi connectivity index (χ2v) is 7.58. The first-order chi connectivity index (χ1) is 10.8. The number of aryl methyl sites for hydroxylation is 2. The van der Waals surface area contributed by atoms with Crippen LogP contribution < -0.4 is 5.32 Å². The molecule has 0 bridgehead atoms. The van der Waals surface area contributed by atoms with E-state index in [9.17, 15) is 4.79 Å². The normalized spacial score (nSPS) is 15.3. The molecule has 1 atom stereocenters. The SMILES string of the molecule is CSCC[C@H](C(=O)Nc1nc2c(s1)CCCC2)n1cccc1. The molecule has 1 N–H and O–H groups in total. The van der Waals surface area contributed by atoms with Crippen LogP contribution in [0, 0.1) is 0 Å². The Morgan fingerprint density at radius 1 is 1.41 bits per heavy atom. The standard InChI is InChI=1S/C16H21N3OS2/c1-21-11-8-13(19-9-4-5-10-19)15(20)18-16-17-12-6-2-3-7-14(12)22-16/h4-5,9-10,13H,2-3,6-8,11H2,1H3,(H,17,18,20)/t13-/m1/s1. The summed E-state index contributed by atoms with van der Waals surface area (Å²) in [5, 5.41) is 3.80. The minimum Gasteiger partial charge on any atom is -0.342 e.